The highest BCUT2D eigenvalue weighted by molar-refractivity contribution is 5.80. The Labute approximate surface area is 132 Å². The predicted molar refractivity (Wildman–Crippen MR) is 84.3 cm³/mol. The van der Waals surface area contributed by atoms with E-state index in [1.807, 2.05) is 24.5 Å². The quantitative estimate of drug-likeness (QED) is 0.740. The van der Waals surface area contributed by atoms with Crippen LogP contribution in [-0.4, -0.2) is 49.5 Å². The number of hydrogen-bond donors (Lipinski definition) is 2. The van der Waals surface area contributed by atoms with Crippen LogP contribution in [0.2, 0.25) is 0 Å². The van der Waals surface area contributed by atoms with E-state index in [0.717, 1.165) is 19.6 Å². The predicted octanol–water partition coefficient (Wildman–Crippen LogP) is 0.904. The van der Waals surface area contributed by atoms with Crippen LogP contribution in [0.15, 0.2) is 30.9 Å². The van der Waals surface area contributed by atoms with Crippen molar-refractivity contribution in [2.24, 2.45) is 0 Å². The number of rotatable bonds is 3. The van der Waals surface area contributed by atoms with Gasteiger partial charge in [-0.3, -0.25) is 9.88 Å². The largest absolute Gasteiger partial charge is 0.382 e. The fourth-order valence-electron chi connectivity index (χ4n) is 2.77. The second kappa shape index (κ2) is 5.90. The first-order chi connectivity index (χ1) is 11.3. The number of nitrogen functional groups attached to an aromatic ring is 1. The molecule has 8 heteroatoms. The van der Waals surface area contributed by atoms with Crippen molar-refractivity contribution in [1.29, 1.82) is 0 Å². The molecule has 3 aromatic heterocycles. The van der Waals surface area contributed by atoms with Gasteiger partial charge in [-0.1, -0.05) is 0 Å². The summed E-state index contributed by atoms with van der Waals surface area (Å²) in [4.78, 5) is 22.3. The minimum absolute atomic E-state index is 0.200. The lowest BCUT2D eigenvalue weighted by molar-refractivity contribution is -0.0370. The molecule has 4 heterocycles. The van der Waals surface area contributed by atoms with Gasteiger partial charge in [-0.15, -0.1) is 0 Å². The third kappa shape index (κ3) is 2.86. The van der Waals surface area contributed by atoms with Gasteiger partial charge in [0.25, 0.3) is 0 Å². The molecular formula is C15H17N7O. The number of ether oxygens (including phenoxy) is 1. The van der Waals surface area contributed by atoms with Gasteiger partial charge in [-0.05, 0) is 17.7 Å². The molecule has 1 aliphatic heterocycles. The molecule has 0 aromatic carbocycles. The van der Waals surface area contributed by atoms with E-state index in [9.17, 15) is 0 Å². The zero-order chi connectivity index (χ0) is 15.6. The van der Waals surface area contributed by atoms with Crippen molar-refractivity contribution in [2.75, 3.05) is 25.4 Å². The Morgan fingerprint density at radius 1 is 1.30 bits per heavy atom. The molecule has 0 aliphatic carbocycles. The van der Waals surface area contributed by atoms with Crippen LogP contribution in [0, 0.1) is 0 Å². The van der Waals surface area contributed by atoms with Crippen molar-refractivity contribution < 1.29 is 4.74 Å². The molecule has 8 nitrogen and oxygen atoms in total. The molecule has 0 saturated carbocycles. The van der Waals surface area contributed by atoms with Crippen molar-refractivity contribution >= 4 is 17.0 Å². The number of fused-ring (bicyclic) bond motifs is 1. The van der Waals surface area contributed by atoms with Crippen molar-refractivity contribution in [3.8, 4) is 0 Å². The number of morpholine rings is 1. The van der Waals surface area contributed by atoms with Crippen molar-refractivity contribution in [2.45, 2.75) is 12.6 Å². The molecule has 1 fully saturated rings. The lowest BCUT2D eigenvalue weighted by atomic mass is 10.2. The summed E-state index contributed by atoms with van der Waals surface area (Å²) >= 11 is 0. The van der Waals surface area contributed by atoms with Crippen LogP contribution >= 0.6 is 0 Å². The molecule has 1 unspecified atom stereocenters. The third-order valence-electron chi connectivity index (χ3n) is 3.93. The van der Waals surface area contributed by atoms with Gasteiger partial charge in [-0.2, -0.15) is 0 Å². The van der Waals surface area contributed by atoms with Gasteiger partial charge in [0, 0.05) is 32.0 Å². The highest BCUT2D eigenvalue weighted by Crippen LogP contribution is 2.23. The summed E-state index contributed by atoms with van der Waals surface area (Å²) in [6.45, 7) is 3.08. The van der Waals surface area contributed by atoms with Crippen LogP contribution in [-0.2, 0) is 11.3 Å². The summed E-state index contributed by atoms with van der Waals surface area (Å²) in [5.74, 6) is 0.985. The summed E-state index contributed by atoms with van der Waals surface area (Å²) in [6, 6.07) is 4.05. The highest BCUT2D eigenvalue weighted by Gasteiger charge is 2.25. The maximum atomic E-state index is 5.97. The maximum Gasteiger partial charge on any atom is 0.183 e. The lowest BCUT2D eigenvalue weighted by Gasteiger charge is -2.32. The average molecular weight is 311 g/mol. The normalized spacial score (nSPS) is 19.2. The third-order valence-corrected chi connectivity index (χ3v) is 3.93. The Balaban J connectivity index is 1.54. The molecule has 118 valence electrons. The second-order valence-electron chi connectivity index (χ2n) is 5.52. The Kier molecular flexibility index (Phi) is 3.60. The Morgan fingerprint density at radius 2 is 2.17 bits per heavy atom. The Bertz CT molecular complexity index is 804. The minimum atomic E-state index is -0.200. The molecule has 0 radical (unpaired) electrons. The molecule has 0 bridgehead atoms. The first kappa shape index (κ1) is 14.0. The number of anilines is 1. The van der Waals surface area contributed by atoms with Gasteiger partial charge in [0.2, 0.25) is 0 Å². The summed E-state index contributed by atoms with van der Waals surface area (Å²) in [6.07, 6.45) is 4.98. The van der Waals surface area contributed by atoms with Gasteiger partial charge in [0.05, 0.1) is 12.9 Å². The van der Waals surface area contributed by atoms with Gasteiger partial charge >= 0.3 is 0 Å². The van der Waals surface area contributed by atoms with E-state index in [-0.39, 0.29) is 6.10 Å². The maximum absolute atomic E-state index is 5.97. The van der Waals surface area contributed by atoms with Crippen LogP contribution in [0.4, 0.5) is 5.82 Å². The van der Waals surface area contributed by atoms with Gasteiger partial charge in [0.15, 0.2) is 17.3 Å². The van der Waals surface area contributed by atoms with E-state index in [1.54, 1.807) is 6.33 Å². The number of H-pyrrole nitrogens is 1. The zero-order valence-corrected chi connectivity index (χ0v) is 12.5. The van der Waals surface area contributed by atoms with Crippen molar-refractivity contribution in [1.82, 2.24) is 29.8 Å². The second-order valence-corrected chi connectivity index (χ2v) is 5.52. The molecule has 4 rings (SSSR count). The number of aromatic nitrogens is 5. The fourth-order valence-corrected chi connectivity index (χ4v) is 2.77. The first-order valence-corrected chi connectivity index (χ1v) is 7.49. The standard InChI is InChI=1S/C15H17N7O/c16-13-12-15(19-9-18-12)21-14(20-13)11-8-22(5-6-23-11)7-10-1-3-17-4-2-10/h1-4,9,11H,5-8H2,(H3,16,18,19,20,21). The van der Waals surface area contributed by atoms with E-state index in [2.05, 4.69) is 29.8 Å². The number of hydrogen-bond acceptors (Lipinski definition) is 7. The Hall–Kier alpha value is -2.58. The number of nitrogens with zero attached hydrogens (tertiary/aromatic N) is 5. The van der Waals surface area contributed by atoms with Crippen LogP contribution in [0.1, 0.15) is 17.5 Å². The fraction of sp³-hybridized carbons (Fsp3) is 0.333. The molecule has 3 N–H and O–H groups in total. The molecule has 1 saturated heterocycles. The summed E-state index contributed by atoms with van der Waals surface area (Å²) in [5, 5.41) is 0. The van der Waals surface area contributed by atoms with Crippen molar-refractivity contribution in [3.63, 3.8) is 0 Å². The summed E-state index contributed by atoms with van der Waals surface area (Å²) in [5.41, 5.74) is 8.43. The number of nitrogens with two attached hydrogens (primary N) is 1. The zero-order valence-electron chi connectivity index (χ0n) is 12.5. The van der Waals surface area contributed by atoms with Crippen LogP contribution in [0.3, 0.4) is 0 Å². The number of aromatic amines is 1. The molecule has 1 atom stereocenters. The summed E-state index contributed by atoms with van der Waals surface area (Å²) in [7, 11) is 0. The van der Waals surface area contributed by atoms with Crippen molar-refractivity contribution in [3.05, 3.63) is 42.2 Å². The van der Waals surface area contributed by atoms with E-state index < -0.39 is 0 Å². The highest BCUT2D eigenvalue weighted by atomic mass is 16.5. The first-order valence-electron chi connectivity index (χ1n) is 7.49. The number of pyridine rings is 1. The van der Waals surface area contributed by atoms with Gasteiger partial charge in [0.1, 0.15) is 11.6 Å². The number of imidazole rings is 1. The Morgan fingerprint density at radius 3 is 3.04 bits per heavy atom. The molecule has 1 aliphatic rings. The summed E-state index contributed by atoms with van der Waals surface area (Å²) < 4.78 is 5.84. The molecule has 3 aromatic rings. The van der Waals surface area contributed by atoms with Crippen LogP contribution in [0.5, 0.6) is 0 Å². The van der Waals surface area contributed by atoms with Crippen LogP contribution in [0.25, 0.3) is 11.2 Å². The van der Waals surface area contributed by atoms with Gasteiger partial charge < -0.3 is 15.5 Å². The van der Waals surface area contributed by atoms with E-state index in [0.29, 0.717) is 29.4 Å². The smallest absolute Gasteiger partial charge is 0.183 e. The minimum Gasteiger partial charge on any atom is -0.382 e. The number of nitrogens with one attached hydrogen (secondary N) is 1. The molecular weight excluding hydrogens is 294 g/mol. The van der Waals surface area contributed by atoms with E-state index in [4.69, 9.17) is 10.5 Å². The van der Waals surface area contributed by atoms with E-state index in [1.165, 1.54) is 5.56 Å². The molecule has 0 spiro atoms. The van der Waals surface area contributed by atoms with E-state index >= 15 is 0 Å². The molecule has 23 heavy (non-hydrogen) atoms. The topological polar surface area (TPSA) is 106 Å². The SMILES string of the molecule is Nc1nc(C2CN(Cc3ccncc3)CCO2)nc2nc[nH]c12. The lowest BCUT2D eigenvalue weighted by Crippen LogP contribution is -2.38. The average Bonchev–Trinajstić information content (AvgIpc) is 3.05. The molecule has 0 amide bonds. The monoisotopic (exact) mass is 311 g/mol. The van der Waals surface area contributed by atoms with Crippen LogP contribution < -0.4 is 5.73 Å². The van der Waals surface area contributed by atoms with Gasteiger partial charge in [-0.25, -0.2) is 15.0 Å².